The molecule has 1 aromatic heterocycles. The van der Waals surface area contributed by atoms with Gasteiger partial charge in [0.05, 0.1) is 5.52 Å². The highest BCUT2D eigenvalue weighted by Crippen LogP contribution is 2.35. The number of pyridine rings is 1. The molecule has 0 saturated heterocycles. The van der Waals surface area contributed by atoms with Crippen LogP contribution in [0.4, 0.5) is 18.9 Å². The van der Waals surface area contributed by atoms with E-state index in [1.807, 2.05) is 0 Å². The van der Waals surface area contributed by atoms with E-state index in [9.17, 15) is 13.2 Å². The lowest BCUT2D eigenvalue weighted by Gasteiger charge is -2.28. The third-order valence-electron chi connectivity index (χ3n) is 4.14. The van der Waals surface area contributed by atoms with E-state index in [2.05, 4.69) is 10.3 Å². The van der Waals surface area contributed by atoms with Gasteiger partial charge in [0.15, 0.2) is 0 Å². The van der Waals surface area contributed by atoms with Crippen molar-refractivity contribution in [1.82, 2.24) is 4.98 Å². The van der Waals surface area contributed by atoms with Crippen LogP contribution in [0.5, 0.6) is 0 Å². The zero-order valence-corrected chi connectivity index (χ0v) is 13.1. The van der Waals surface area contributed by atoms with Crippen LogP contribution in [-0.2, 0) is 6.18 Å². The van der Waals surface area contributed by atoms with Gasteiger partial charge in [0.1, 0.15) is 5.69 Å². The summed E-state index contributed by atoms with van der Waals surface area (Å²) in [6, 6.07) is 5.88. The maximum atomic E-state index is 13.1. The summed E-state index contributed by atoms with van der Waals surface area (Å²) in [6.07, 6.45) is -0.942. The molecular weight excluding hydrogens is 327 g/mol. The molecule has 1 heterocycles. The Hall–Kier alpha value is -1.53. The summed E-state index contributed by atoms with van der Waals surface area (Å²) in [5, 5.41) is 4.26. The van der Waals surface area contributed by atoms with Crippen LogP contribution in [0.25, 0.3) is 10.9 Å². The molecule has 0 spiro atoms. The molecule has 1 aromatic carbocycles. The Bertz CT molecular complexity index is 718. The molecule has 0 bridgehead atoms. The molecule has 3 rings (SSSR count). The van der Waals surface area contributed by atoms with Crippen molar-refractivity contribution in [1.29, 1.82) is 0 Å². The highest BCUT2D eigenvalue weighted by molar-refractivity contribution is 6.31. The second-order valence-corrected chi connectivity index (χ2v) is 6.42. The van der Waals surface area contributed by atoms with Crippen molar-refractivity contribution in [2.75, 3.05) is 5.32 Å². The lowest BCUT2D eigenvalue weighted by Crippen LogP contribution is -2.35. The van der Waals surface area contributed by atoms with Gasteiger partial charge in [0.25, 0.3) is 0 Å². The minimum atomic E-state index is -4.49. The molecule has 3 N–H and O–H groups in total. The lowest BCUT2D eigenvalue weighted by atomic mass is 9.91. The number of nitrogens with one attached hydrogen (secondary N) is 1. The highest BCUT2D eigenvalue weighted by Gasteiger charge is 2.33. The number of nitrogens with zero attached hydrogens (tertiary/aromatic N) is 1. The number of anilines is 1. The predicted octanol–water partition coefficient (Wildman–Crippen LogP) is 4.59. The van der Waals surface area contributed by atoms with Crippen LogP contribution in [0, 0.1) is 0 Å². The fourth-order valence-electron chi connectivity index (χ4n) is 3.04. The molecule has 3 nitrogen and oxygen atoms in total. The minimum Gasteiger partial charge on any atom is -0.382 e. The molecular formula is C16H17ClF3N3. The van der Waals surface area contributed by atoms with Gasteiger partial charge >= 0.3 is 6.18 Å². The zero-order chi connectivity index (χ0) is 16.6. The number of alkyl halides is 3. The molecule has 0 aliphatic heterocycles. The van der Waals surface area contributed by atoms with Crippen molar-refractivity contribution in [3.05, 3.63) is 35.0 Å². The predicted molar refractivity (Wildman–Crippen MR) is 85.6 cm³/mol. The highest BCUT2D eigenvalue weighted by atomic mass is 35.5. The molecule has 1 aliphatic rings. The number of benzene rings is 1. The Balaban J connectivity index is 2.03. The second kappa shape index (κ2) is 6.17. The molecule has 1 fully saturated rings. The van der Waals surface area contributed by atoms with E-state index in [4.69, 9.17) is 17.3 Å². The second-order valence-electron chi connectivity index (χ2n) is 5.98. The van der Waals surface area contributed by atoms with E-state index < -0.39 is 11.9 Å². The molecule has 0 amide bonds. The van der Waals surface area contributed by atoms with E-state index >= 15 is 0 Å². The zero-order valence-electron chi connectivity index (χ0n) is 12.3. The van der Waals surface area contributed by atoms with Crippen molar-refractivity contribution >= 4 is 28.2 Å². The topological polar surface area (TPSA) is 50.9 Å². The smallest absolute Gasteiger partial charge is 0.382 e. The van der Waals surface area contributed by atoms with Gasteiger partial charge < -0.3 is 11.1 Å². The largest absolute Gasteiger partial charge is 0.433 e. The van der Waals surface area contributed by atoms with Crippen LogP contribution in [0.2, 0.25) is 5.02 Å². The van der Waals surface area contributed by atoms with Gasteiger partial charge in [-0.3, -0.25) is 0 Å². The lowest BCUT2D eigenvalue weighted by molar-refractivity contribution is -0.140. The Morgan fingerprint density at radius 3 is 2.70 bits per heavy atom. The van der Waals surface area contributed by atoms with E-state index in [1.54, 1.807) is 6.07 Å². The molecule has 1 aliphatic carbocycles. The third kappa shape index (κ3) is 3.70. The number of aromatic nitrogens is 1. The number of nitrogens with two attached hydrogens (primary N) is 1. The number of fused-ring (bicyclic) bond motifs is 1. The first kappa shape index (κ1) is 16.3. The van der Waals surface area contributed by atoms with Crippen LogP contribution in [0.15, 0.2) is 24.3 Å². The number of hydrogen-bond donors (Lipinski definition) is 2. The van der Waals surface area contributed by atoms with E-state index in [0.29, 0.717) is 16.1 Å². The fraction of sp³-hybridized carbons (Fsp3) is 0.438. The SMILES string of the molecule is NC1CCC[C@H](Nc2cc(C(F)(F)F)nc3ccc(Cl)cc23)C1. The maximum Gasteiger partial charge on any atom is 0.433 e. The molecule has 0 radical (unpaired) electrons. The summed E-state index contributed by atoms with van der Waals surface area (Å²) in [7, 11) is 0. The first-order chi connectivity index (χ1) is 10.8. The number of hydrogen-bond acceptors (Lipinski definition) is 3. The molecule has 1 unspecified atom stereocenters. The Kier molecular flexibility index (Phi) is 4.38. The summed E-state index contributed by atoms with van der Waals surface area (Å²) in [6.45, 7) is 0. The standard InChI is InChI=1S/C16H17ClF3N3/c17-9-4-5-13-12(6-9)14(8-15(23-13)16(18,19)20)22-11-3-1-2-10(21)7-11/h4-6,8,10-11H,1-3,7,21H2,(H,22,23)/t10?,11-/m0/s1. The quantitative estimate of drug-likeness (QED) is 0.838. The molecule has 2 atom stereocenters. The summed E-state index contributed by atoms with van der Waals surface area (Å²) < 4.78 is 39.2. The van der Waals surface area contributed by atoms with Crippen molar-refractivity contribution in [2.45, 2.75) is 43.9 Å². The third-order valence-corrected chi connectivity index (χ3v) is 4.37. The molecule has 124 valence electrons. The van der Waals surface area contributed by atoms with Crippen LogP contribution in [0.1, 0.15) is 31.4 Å². The number of halogens is 4. The van der Waals surface area contributed by atoms with Crippen LogP contribution < -0.4 is 11.1 Å². The van der Waals surface area contributed by atoms with Crippen LogP contribution >= 0.6 is 11.6 Å². The van der Waals surface area contributed by atoms with Crippen molar-refractivity contribution in [3.63, 3.8) is 0 Å². The fourth-order valence-corrected chi connectivity index (χ4v) is 3.21. The normalized spacial score (nSPS) is 22.3. The van der Waals surface area contributed by atoms with Crippen molar-refractivity contribution in [3.8, 4) is 0 Å². The van der Waals surface area contributed by atoms with Gasteiger partial charge in [-0.05, 0) is 49.9 Å². The van der Waals surface area contributed by atoms with Crippen LogP contribution in [-0.4, -0.2) is 17.1 Å². The Morgan fingerprint density at radius 2 is 2.00 bits per heavy atom. The molecule has 7 heteroatoms. The van der Waals surface area contributed by atoms with Gasteiger partial charge in [-0.1, -0.05) is 11.6 Å². The molecule has 2 aromatic rings. The van der Waals surface area contributed by atoms with E-state index in [-0.39, 0.29) is 17.6 Å². The first-order valence-electron chi connectivity index (χ1n) is 7.52. The van der Waals surface area contributed by atoms with Gasteiger partial charge in [0, 0.05) is 28.2 Å². The number of rotatable bonds is 2. The van der Waals surface area contributed by atoms with E-state index in [1.165, 1.54) is 12.1 Å². The molecule has 23 heavy (non-hydrogen) atoms. The van der Waals surface area contributed by atoms with Gasteiger partial charge in [-0.2, -0.15) is 13.2 Å². The summed E-state index contributed by atoms with van der Waals surface area (Å²) in [5.41, 5.74) is 5.73. The van der Waals surface area contributed by atoms with Gasteiger partial charge in [-0.25, -0.2) is 4.98 Å². The van der Waals surface area contributed by atoms with E-state index in [0.717, 1.165) is 31.7 Å². The van der Waals surface area contributed by atoms with Gasteiger partial charge in [0.2, 0.25) is 0 Å². The van der Waals surface area contributed by atoms with Crippen LogP contribution in [0.3, 0.4) is 0 Å². The monoisotopic (exact) mass is 343 g/mol. The maximum absolute atomic E-state index is 13.1. The Morgan fingerprint density at radius 1 is 1.22 bits per heavy atom. The Labute approximate surface area is 137 Å². The van der Waals surface area contributed by atoms with Crippen molar-refractivity contribution < 1.29 is 13.2 Å². The summed E-state index contributed by atoms with van der Waals surface area (Å²) in [4.78, 5) is 3.71. The molecule has 1 saturated carbocycles. The first-order valence-corrected chi connectivity index (χ1v) is 7.90. The summed E-state index contributed by atoms with van der Waals surface area (Å²) in [5.74, 6) is 0. The average Bonchev–Trinajstić information content (AvgIpc) is 2.46. The minimum absolute atomic E-state index is 0.0596. The van der Waals surface area contributed by atoms with Gasteiger partial charge in [-0.15, -0.1) is 0 Å². The average molecular weight is 344 g/mol. The van der Waals surface area contributed by atoms with Crippen molar-refractivity contribution in [2.24, 2.45) is 5.73 Å². The summed E-state index contributed by atoms with van der Waals surface area (Å²) >= 11 is 5.99.